The zero-order chi connectivity index (χ0) is 14.5. The van der Waals surface area contributed by atoms with Crippen molar-refractivity contribution in [2.24, 2.45) is 5.92 Å². The normalized spacial score (nSPS) is 23.4. The number of hydrogen-bond acceptors (Lipinski definition) is 4. The lowest BCUT2D eigenvalue weighted by Gasteiger charge is -2.24. The van der Waals surface area contributed by atoms with Gasteiger partial charge in [-0.3, -0.25) is 0 Å². The van der Waals surface area contributed by atoms with Crippen LogP contribution in [0.5, 0.6) is 11.5 Å². The van der Waals surface area contributed by atoms with E-state index in [-0.39, 0.29) is 0 Å². The van der Waals surface area contributed by atoms with Crippen molar-refractivity contribution in [1.82, 2.24) is 5.32 Å². The molecular weight excluding hydrogens is 266 g/mol. The topological polar surface area (TPSA) is 39.7 Å². The lowest BCUT2D eigenvalue weighted by atomic mass is 10.0. The summed E-state index contributed by atoms with van der Waals surface area (Å²) >= 11 is 0. The Morgan fingerprint density at radius 3 is 2.81 bits per heavy atom. The van der Waals surface area contributed by atoms with Crippen LogP contribution >= 0.6 is 0 Å². The van der Waals surface area contributed by atoms with E-state index in [9.17, 15) is 0 Å². The van der Waals surface area contributed by atoms with E-state index < -0.39 is 0 Å². The van der Waals surface area contributed by atoms with E-state index in [0.717, 1.165) is 50.9 Å². The Morgan fingerprint density at radius 2 is 2.00 bits per heavy atom. The van der Waals surface area contributed by atoms with Crippen molar-refractivity contribution in [1.29, 1.82) is 0 Å². The van der Waals surface area contributed by atoms with Gasteiger partial charge in [-0.25, -0.2) is 0 Å². The van der Waals surface area contributed by atoms with Crippen LogP contribution < -0.4 is 14.8 Å². The van der Waals surface area contributed by atoms with Crippen molar-refractivity contribution in [3.63, 3.8) is 0 Å². The number of fused-ring (bicyclic) bond motifs is 1. The molecule has 0 aliphatic carbocycles. The predicted molar refractivity (Wildman–Crippen MR) is 82.0 cm³/mol. The number of hydrogen-bond donors (Lipinski definition) is 1. The molecule has 1 aromatic carbocycles. The number of ether oxygens (including phenoxy) is 3. The minimum atomic E-state index is 0.309. The monoisotopic (exact) mass is 291 g/mol. The molecule has 0 spiro atoms. The molecule has 0 saturated carbocycles. The second-order valence-electron chi connectivity index (χ2n) is 5.97. The summed E-state index contributed by atoms with van der Waals surface area (Å²) in [5.41, 5.74) is 1.25. The van der Waals surface area contributed by atoms with E-state index in [1.165, 1.54) is 18.4 Å². The van der Waals surface area contributed by atoms with Crippen LogP contribution in [0.15, 0.2) is 18.2 Å². The van der Waals surface area contributed by atoms with Crippen LogP contribution in [0.2, 0.25) is 0 Å². The minimum Gasteiger partial charge on any atom is -0.490 e. The van der Waals surface area contributed by atoms with Gasteiger partial charge in [0.05, 0.1) is 19.8 Å². The van der Waals surface area contributed by atoms with E-state index in [1.807, 2.05) is 6.07 Å². The molecule has 116 valence electrons. The van der Waals surface area contributed by atoms with Gasteiger partial charge in [-0.2, -0.15) is 0 Å². The van der Waals surface area contributed by atoms with Crippen LogP contribution in [0.1, 0.15) is 37.8 Å². The van der Waals surface area contributed by atoms with Crippen LogP contribution in [-0.4, -0.2) is 33.0 Å². The zero-order valence-electron chi connectivity index (χ0n) is 12.8. The Kier molecular flexibility index (Phi) is 4.99. The first-order valence-corrected chi connectivity index (χ1v) is 8.03. The lowest BCUT2D eigenvalue weighted by Crippen LogP contribution is -2.30. The summed E-state index contributed by atoms with van der Waals surface area (Å²) in [5.74, 6) is 2.38. The van der Waals surface area contributed by atoms with Crippen LogP contribution in [0.3, 0.4) is 0 Å². The summed E-state index contributed by atoms with van der Waals surface area (Å²) in [6.45, 7) is 6.49. The van der Waals surface area contributed by atoms with E-state index >= 15 is 0 Å². The van der Waals surface area contributed by atoms with Gasteiger partial charge in [0.15, 0.2) is 11.5 Å². The summed E-state index contributed by atoms with van der Waals surface area (Å²) in [5, 5.41) is 3.61. The third kappa shape index (κ3) is 3.89. The standard InChI is InChI=1S/C17H25NO3/c1-13(18-11-14-4-2-7-19-12-14)15-5-6-16-17(10-15)21-9-3-8-20-16/h5-6,10,13-14,18H,2-4,7-9,11-12H2,1H3. The van der Waals surface area contributed by atoms with Crippen molar-refractivity contribution in [2.45, 2.75) is 32.2 Å². The maximum Gasteiger partial charge on any atom is 0.161 e. The van der Waals surface area contributed by atoms with Crippen molar-refractivity contribution in [3.05, 3.63) is 23.8 Å². The number of benzene rings is 1. The first kappa shape index (κ1) is 14.7. The quantitative estimate of drug-likeness (QED) is 0.926. The summed E-state index contributed by atoms with van der Waals surface area (Å²) in [6.07, 6.45) is 3.39. The molecule has 0 radical (unpaired) electrons. The lowest BCUT2D eigenvalue weighted by molar-refractivity contribution is 0.0540. The van der Waals surface area contributed by atoms with Gasteiger partial charge >= 0.3 is 0 Å². The SMILES string of the molecule is CC(NCC1CCCOC1)c1ccc2c(c1)OCCCO2. The maximum absolute atomic E-state index is 5.76. The highest BCUT2D eigenvalue weighted by molar-refractivity contribution is 5.44. The fourth-order valence-corrected chi connectivity index (χ4v) is 2.88. The van der Waals surface area contributed by atoms with Gasteiger partial charge in [-0.15, -0.1) is 0 Å². The highest BCUT2D eigenvalue weighted by Crippen LogP contribution is 2.32. The van der Waals surface area contributed by atoms with Crippen LogP contribution in [0.25, 0.3) is 0 Å². The molecule has 3 rings (SSSR count). The maximum atomic E-state index is 5.76. The molecule has 4 heteroatoms. The van der Waals surface area contributed by atoms with Gasteiger partial charge in [0.1, 0.15) is 0 Å². The summed E-state index contributed by atoms with van der Waals surface area (Å²) in [7, 11) is 0. The molecule has 2 unspecified atom stereocenters. The van der Waals surface area contributed by atoms with Crippen LogP contribution in [0, 0.1) is 5.92 Å². The predicted octanol–water partition coefficient (Wildman–Crippen LogP) is 2.93. The van der Waals surface area contributed by atoms with Crippen LogP contribution in [-0.2, 0) is 4.74 Å². The van der Waals surface area contributed by atoms with E-state index in [4.69, 9.17) is 14.2 Å². The Bertz CT molecular complexity index is 457. The van der Waals surface area contributed by atoms with Crippen LogP contribution in [0.4, 0.5) is 0 Å². The molecule has 0 amide bonds. The van der Waals surface area contributed by atoms with Crippen molar-refractivity contribution < 1.29 is 14.2 Å². The highest BCUT2D eigenvalue weighted by Gasteiger charge is 2.17. The van der Waals surface area contributed by atoms with Crippen molar-refractivity contribution in [2.75, 3.05) is 33.0 Å². The molecule has 1 aromatic rings. The van der Waals surface area contributed by atoms with Crippen molar-refractivity contribution >= 4 is 0 Å². The molecule has 4 nitrogen and oxygen atoms in total. The Labute approximate surface area is 126 Å². The summed E-state index contributed by atoms with van der Waals surface area (Å²) in [4.78, 5) is 0. The summed E-state index contributed by atoms with van der Waals surface area (Å²) in [6, 6.07) is 6.57. The number of rotatable bonds is 4. The summed E-state index contributed by atoms with van der Waals surface area (Å²) < 4.78 is 17.0. The molecule has 1 fully saturated rings. The number of nitrogens with one attached hydrogen (secondary N) is 1. The third-order valence-electron chi connectivity index (χ3n) is 4.24. The van der Waals surface area contributed by atoms with Gasteiger partial charge in [-0.05, 0) is 43.4 Å². The van der Waals surface area contributed by atoms with E-state index in [1.54, 1.807) is 0 Å². The average molecular weight is 291 g/mol. The Hall–Kier alpha value is -1.26. The molecule has 1 N–H and O–H groups in total. The van der Waals surface area contributed by atoms with E-state index in [0.29, 0.717) is 12.0 Å². The second-order valence-corrected chi connectivity index (χ2v) is 5.97. The second kappa shape index (κ2) is 7.14. The molecule has 2 heterocycles. The highest BCUT2D eigenvalue weighted by atomic mass is 16.5. The molecular formula is C17H25NO3. The van der Waals surface area contributed by atoms with Crippen molar-refractivity contribution in [3.8, 4) is 11.5 Å². The van der Waals surface area contributed by atoms with E-state index in [2.05, 4.69) is 24.4 Å². The smallest absolute Gasteiger partial charge is 0.161 e. The molecule has 2 atom stereocenters. The Balaban J connectivity index is 1.58. The molecule has 0 bridgehead atoms. The molecule has 21 heavy (non-hydrogen) atoms. The van der Waals surface area contributed by atoms with Gasteiger partial charge in [0.2, 0.25) is 0 Å². The fourth-order valence-electron chi connectivity index (χ4n) is 2.88. The Morgan fingerprint density at radius 1 is 1.14 bits per heavy atom. The van der Waals surface area contributed by atoms with Gasteiger partial charge < -0.3 is 19.5 Å². The first-order chi connectivity index (χ1) is 10.3. The molecule has 2 aliphatic heterocycles. The van der Waals surface area contributed by atoms with Gasteiger partial charge in [-0.1, -0.05) is 6.07 Å². The average Bonchev–Trinajstić information content (AvgIpc) is 2.78. The minimum absolute atomic E-state index is 0.309. The van der Waals surface area contributed by atoms with Gasteiger partial charge in [0, 0.05) is 25.6 Å². The molecule has 1 saturated heterocycles. The fraction of sp³-hybridized carbons (Fsp3) is 0.647. The van der Waals surface area contributed by atoms with Gasteiger partial charge in [0.25, 0.3) is 0 Å². The zero-order valence-corrected chi connectivity index (χ0v) is 12.8. The third-order valence-corrected chi connectivity index (χ3v) is 4.24. The largest absolute Gasteiger partial charge is 0.490 e. The molecule has 0 aromatic heterocycles. The molecule has 2 aliphatic rings. The first-order valence-electron chi connectivity index (χ1n) is 8.03.